The minimum absolute atomic E-state index is 0.0284. The van der Waals surface area contributed by atoms with Crippen molar-refractivity contribution in [2.75, 3.05) is 38.2 Å². The van der Waals surface area contributed by atoms with Crippen molar-refractivity contribution in [3.8, 4) is 5.88 Å². The van der Waals surface area contributed by atoms with Gasteiger partial charge in [-0.3, -0.25) is 9.69 Å². The van der Waals surface area contributed by atoms with Crippen LogP contribution < -0.4 is 4.74 Å². The molecule has 0 aromatic carbocycles. The van der Waals surface area contributed by atoms with Crippen LogP contribution in [0, 0.1) is 5.92 Å². The van der Waals surface area contributed by atoms with E-state index in [4.69, 9.17) is 4.74 Å². The first kappa shape index (κ1) is 18.1. The summed E-state index contributed by atoms with van der Waals surface area (Å²) in [5.41, 5.74) is 0.380. The summed E-state index contributed by atoms with van der Waals surface area (Å²) in [5.74, 6) is 0.666. The molecule has 138 valence electrons. The Morgan fingerprint density at radius 2 is 2.04 bits per heavy atom. The Balaban J connectivity index is 1.89. The van der Waals surface area contributed by atoms with Crippen molar-refractivity contribution in [1.29, 1.82) is 0 Å². The molecule has 0 aliphatic carbocycles. The SMILES string of the molecule is COc1ncccc1C(=O)N1CCN(CC(C)C)C2CS(=O)(=O)CC21. The van der Waals surface area contributed by atoms with E-state index in [0.717, 1.165) is 6.54 Å². The Bertz CT molecular complexity index is 750. The minimum Gasteiger partial charge on any atom is -0.480 e. The molecule has 0 saturated carbocycles. The van der Waals surface area contributed by atoms with E-state index in [2.05, 4.69) is 23.7 Å². The van der Waals surface area contributed by atoms with E-state index in [0.29, 0.717) is 24.6 Å². The number of hydrogen-bond donors (Lipinski definition) is 0. The summed E-state index contributed by atoms with van der Waals surface area (Å²) in [6.45, 7) is 6.28. The Kier molecular flexibility index (Phi) is 5.02. The molecule has 1 aromatic heterocycles. The van der Waals surface area contributed by atoms with Crippen LogP contribution in [0.4, 0.5) is 0 Å². The molecule has 1 aromatic rings. The van der Waals surface area contributed by atoms with Gasteiger partial charge in [-0.15, -0.1) is 0 Å². The van der Waals surface area contributed by atoms with Gasteiger partial charge in [0, 0.05) is 31.9 Å². The van der Waals surface area contributed by atoms with Crippen LogP contribution in [0.1, 0.15) is 24.2 Å². The largest absolute Gasteiger partial charge is 0.480 e. The molecule has 2 saturated heterocycles. The second-order valence-electron chi connectivity index (χ2n) is 7.16. The monoisotopic (exact) mass is 367 g/mol. The Hall–Kier alpha value is -1.67. The molecular formula is C17H25N3O4S. The van der Waals surface area contributed by atoms with Gasteiger partial charge in [0.2, 0.25) is 5.88 Å². The first-order valence-electron chi connectivity index (χ1n) is 8.57. The second-order valence-corrected chi connectivity index (χ2v) is 9.31. The third-order valence-corrected chi connectivity index (χ3v) is 6.55. The summed E-state index contributed by atoms with van der Waals surface area (Å²) in [4.78, 5) is 21.1. The number of rotatable bonds is 4. The zero-order valence-electron chi connectivity index (χ0n) is 14.9. The number of pyridine rings is 1. The van der Waals surface area contributed by atoms with Gasteiger partial charge in [0.05, 0.1) is 24.7 Å². The predicted molar refractivity (Wildman–Crippen MR) is 94.5 cm³/mol. The molecular weight excluding hydrogens is 342 g/mol. The van der Waals surface area contributed by atoms with Crippen molar-refractivity contribution in [2.24, 2.45) is 5.92 Å². The summed E-state index contributed by atoms with van der Waals surface area (Å²) >= 11 is 0. The van der Waals surface area contributed by atoms with Gasteiger partial charge in [0.15, 0.2) is 9.84 Å². The highest BCUT2D eigenvalue weighted by atomic mass is 32.2. The normalized spacial score (nSPS) is 25.8. The van der Waals surface area contributed by atoms with Gasteiger partial charge >= 0.3 is 0 Å². The van der Waals surface area contributed by atoms with Crippen LogP contribution in [-0.4, -0.2) is 79.4 Å². The van der Waals surface area contributed by atoms with Crippen LogP contribution >= 0.6 is 0 Å². The molecule has 7 nitrogen and oxygen atoms in total. The third kappa shape index (κ3) is 3.64. The van der Waals surface area contributed by atoms with E-state index >= 15 is 0 Å². The first-order valence-corrected chi connectivity index (χ1v) is 10.4. The smallest absolute Gasteiger partial charge is 0.259 e. The van der Waals surface area contributed by atoms with Crippen molar-refractivity contribution in [1.82, 2.24) is 14.8 Å². The fourth-order valence-corrected chi connectivity index (χ4v) is 5.86. The molecule has 3 rings (SSSR count). The highest BCUT2D eigenvalue weighted by molar-refractivity contribution is 7.91. The number of sulfone groups is 1. The van der Waals surface area contributed by atoms with E-state index in [1.54, 1.807) is 23.2 Å². The molecule has 8 heteroatoms. The zero-order valence-corrected chi connectivity index (χ0v) is 15.7. The standard InChI is InChI=1S/C17H25N3O4S/c1-12(2)9-19-7-8-20(15-11-25(22,23)10-14(15)19)17(21)13-5-4-6-18-16(13)24-3/h4-6,12,14-15H,7-11H2,1-3H3. The van der Waals surface area contributed by atoms with Crippen LogP contribution in [0.3, 0.4) is 0 Å². The molecule has 25 heavy (non-hydrogen) atoms. The molecule has 0 N–H and O–H groups in total. The molecule has 0 radical (unpaired) electrons. The Morgan fingerprint density at radius 3 is 2.72 bits per heavy atom. The summed E-state index contributed by atoms with van der Waals surface area (Å²) in [6.07, 6.45) is 1.57. The van der Waals surface area contributed by atoms with Crippen LogP contribution in [0.15, 0.2) is 18.3 Å². The maximum atomic E-state index is 13.1. The summed E-state index contributed by atoms with van der Waals surface area (Å²) in [7, 11) is -1.67. The molecule has 1 amide bonds. The van der Waals surface area contributed by atoms with Crippen molar-refractivity contribution in [2.45, 2.75) is 25.9 Å². The quantitative estimate of drug-likeness (QED) is 0.778. The fraction of sp³-hybridized carbons (Fsp3) is 0.647. The van der Waals surface area contributed by atoms with Crippen molar-refractivity contribution >= 4 is 15.7 Å². The van der Waals surface area contributed by atoms with Crippen molar-refractivity contribution < 1.29 is 17.9 Å². The molecule has 0 spiro atoms. The zero-order chi connectivity index (χ0) is 18.2. The van der Waals surface area contributed by atoms with Crippen molar-refractivity contribution in [3.05, 3.63) is 23.9 Å². The lowest BCUT2D eigenvalue weighted by Crippen LogP contribution is -2.61. The first-order chi connectivity index (χ1) is 11.8. The topological polar surface area (TPSA) is 79.8 Å². The number of piperazine rings is 1. The molecule has 3 heterocycles. The highest BCUT2D eigenvalue weighted by Crippen LogP contribution is 2.29. The van der Waals surface area contributed by atoms with E-state index in [1.807, 2.05) is 0 Å². The van der Waals surface area contributed by atoms with Crippen LogP contribution in [-0.2, 0) is 9.84 Å². The molecule has 2 unspecified atom stereocenters. The van der Waals surface area contributed by atoms with Gasteiger partial charge in [-0.05, 0) is 18.1 Å². The lowest BCUT2D eigenvalue weighted by atomic mass is 10.0. The third-order valence-electron chi connectivity index (χ3n) is 4.85. The number of ether oxygens (including phenoxy) is 1. The average Bonchev–Trinajstić information content (AvgIpc) is 2.89. The number of methoxy groups -OCH3 is 1. The summed E-state index contributed by atoms with van der Waals surface area (Å²) in [6, 6.07) is 2.92. The number of hydrogen-bond acceptors (Lipinski definition) is 6. The Labute approximate surface area is 148 Å². The van der Waals surface area contributed by atoms with E-state index in [-0.39, 0.29) is 35.4 Å². The molecule has 2 aliphatic heterocycles. The number of aromatic nitrogens is 1. The van der Waals surface area contributed by atoms with E-state index in [9.17, 15) is 13.2 Å². The van der Waals surface area contributed by atoms with E-state index < -0.39 is 9.84 Å². The maximum absolute atomic E-state index is 13.1. The van der Waals surface area contributed by atoms with Gasteiger partial charge in [-0.1, -0.05) is 13.8 Å². The van der Waals surface area contributed by atoms with Gasteiger partial charge in [0.25, 0.3) is 5.91 Å². The lowest BCUT2D eigenvalue weighted by molar-refractivity contribution is 0.0294. The average molecular weight is 367 g/mol. The van der Waals surface area contributed by atoms with Crippen LogP contribution in [0.25, 0.3) is 0 Å². The van der Waals surface area contributed by atoms with Crippen LogP contribution in [0.2, 0.25) is 0 Å². The fourth-order valence-electron chi connectivity index (χ4n) is 3.84. The van der Waals surface area contributed by atoms with Crippen molar-refractivity contribution in [3.63, 3.8) is 0 Å². The predicted octanol–water partition coefficient (Wildman–Crippen LogP) is 0.670. The molecule has 0 bridgehead atoms. The summed E-state index contributed by atoms with van der Waals surface area (Å²) < 4.78 is 29.7. The number of amides is 1. The molecule has 2 atom stereocenters. The number of carbonyl (C=O) groups excluding carboxylic acids is 1. The van der Waals surface area contributed by atoms with Gasteiger partial charge in [0.1, 0.15) is 5.56 Å². The van der Waals surface area contributed by atoms with Gasteiger partial charge in [-0.25, -0.2) is 13.4 Å². The highest BCUT2D eigenvalue weighted by Gasteiger charge is 2.48. The molecule has 2 fully saturated rings. The minimum atomic E-state index is -3.14. The number of carbonyl (C=O) groups is 1. The number of fused-ring (bicyclic) bond motifs is 1. The summed E-state index contributed by atoms with van der Waals surface area (Å²) in [5, 5.41) is 0. The Morgan fingerprint density at radius 1 is 1.32 bits per heavy atom. The van der Waals surface area contributed by atoms with Gasteiger partial charge in [-0.2, -0.15) is 0 Å². The molecule has 2 aliphatic rings. The van der Waals surface area contributed by atoms with E-state index in [1.165, 1.54) is 7.11 Å². The van der Waals surface area contributed by atoms with Gasteiger partial charge < -0.3 is 9.64 Å². The van der Waals surface area contributed by atoms with Crippen LogP contribution in [0.5, 0.6) is 5.88 Å². The second kappa shape index (κ2) is 6.92. The number of nitrogens with zero attached hydrogens (tertiary/aromatic N) is 3. The lowest BCUT2D eigenvalue weighted by Gasteiger charge is -2.44. The maximum Gasteiger partial charge on any atom is 0.259 e.